The fourth-order valence-electron chi connectivity index (χ4n) is 3.01. The van der Waals surface area contributed by atoms with Gasteiger partial charge in [0.15, 0.2) is 11.5 Å². The van der Waals surface area contributed by atoms with Crippen LogP contribution in [-0.4, -0.2) is 62.4 Å². The normalized spacial score (nSPS) is 16.1. The first kappa shape index (κ1) is 14.1. The van der Waals surface area contributed by atoms with Crippen molar-refractivity contribution in [3.8, 4) is 5.82 Å². The predicted octanol–water partition coefficient (Wildman–Crippen LogP) is 1.35. The molecule has 1 saturated heterocycles. The Morgan fingerprint density at radius 1 is 1.04 bits per heavy atom. The van der Waals surface area contributed by atoms with Crippen molar-refractivity contribution in [2.45, 2.75) is 6.92 Å². The lowest BCUT2D eigenvalue weighted by atomic mass is 10.3. The summed E-state index contributed by atoms with van der Waals surface area (Å²) in [5, 5.41) is 5.44. The quantitative estimate of drug-likeness (QED) is 0.728. The number of piperazine rings is 1. The molecule has 118 valence electrons. The SMILES string of the molecule is CCN1CCN(c2ncnc3c2cnn3-c2ccccn2)CC1. The maximum absolute atomic E-state index is 4.51. The Balaban J connectivity index is 1.71. The number of anilines is 1. The van der Waals surface area contributed by atoms with Crippen molar-refractivity contribution in [3.63, 3.8) is 0 Å². The number of fused-ring (bicyclic) bond motifs is 1. The number of pyridine rings is 1. The average Bonchev–Trinajstić information content (AvgIpc) is 3.07. The Morgan fingerprint density at radius 3 is 2.65 bits per heavy atom. The van der Waals surface area contributed by atoms with Gasteiger partial charge in [-0.15, -0.1) is 0 Å². The van der Waals surface area contributed by atoms with Gasteiger partial charge < -0.3 is 9.80 Å². The van der Waals surface area contributed by atoms with E-state index in [1.54, 1.807) is 17.2 Å². The lowest BCUT2D eigenvalue weighted by Gasteiger charge is -2.34. The van der Waals surface area contributed by atoms with Gasteiger partial charge in [-0.05, 0) is 18.7 Å². The summed E-state index contributed by atoms with van der Waals surface area (Å²) in [4.78, 5) is 18.1. The number of likely N-dealkylation sites (N-methyl/N-ethyl adjacent to an activating group) is 1. The monoisotopic (exact) mass is 309 g/mol. The molecule has 4 rings (SSSR count). The molecule has 1 aliphatic rings. The molecule has 7 nitrogen and oxygen atoms in total. The Morgan fingerprint density at radius 2 is 1.91 bits per heavy atom. The fraction of sp³-hybridized carbons (Fsp3) is 0.375. The van der Waals surface area contributed by atoms with Crippen LogP contribution in [0.15, 0.2) is 36.9 Å². The summed E-state index contributed by atoms with van der Waals surface area (Å²) in [6.45, 7) is 7.40. The molecule has 1 fully saturated rings. The molecule has 0 amide bonds. The van der Waals surface area contributed by atoms with Crippen molar-refractivity contribution >= 4 is 16.9 Å². The van der Waals surface area contributed by atoms with Crippen molar-refractivity contribution in [2.75, 3.05) is 37.6 Å². The molecule has 0 N–H and O–H groups in total. The van der Waals surface area contributed by atoms with Gasteiger partial charge in [0.05, 0.1) is 11.6 Å². The van der Waals surface area contributed by atoms with E-state index >= 15 is 0 Å². The van der Waals surface area contributed by atoms with Gasteiger partial charge >= 0.3 is 0 Å². The molecular weight excluding hydrogens is 290 g/mol. The van der Waals surface area contributed by atoms with Crippen LogP contribution in [0, 0.1) is 0 Å². The van der Waals surface area contributed by atoms with Crippen molar-refractivity contribution in [1.82, 2.24) is 29.6 Å². The van der Waals surface area contributed by atoms with E-state index in [1.165, 1.54) is 0 Å². The molecule has 3 aromatic heterocycles. The van der Waals surface area contributed by atoms with Gasteiger partial charge in [-0.25, -0.2) is 15.0 Å². The third-order valence-electron chi connectivity index (χ3n) is 4.33. The lowest BCUT2D eigenvalue weighted by Crippen LogP contribution is -2.46. The molecule has 4 heterocycles. The molecule has 0 unspecified atom stereocenters. The lowest BCUT2D eigenvalue weighted by molar-refractivity contribution is 0.271. The van der Waals surface area contributed by atoms with Crippen molar-refractivity contribution in [3.05, 3.63) is 36.9 Å². The van der Waals surface area contributed by atoms with E-state index in [4.69, 9.17) is 0 Å². The third kappa shape index (κ3) is 2.53. The van der Waals surface area contributed by atoms with E-state index in [-0.39, 0.29) is 0 Å². The van der Waals surface area contributed by atoms with E-state index in [2.05, 4.69) is 36.8 Å². The highest BCUT2D eigenvalue weighted by Gasteiger charge is 2.20. The van der Waals surface area contributed by atoms with Gasteiger partial charge in [0.25, 0.3) is 0 Å². The summed E-state index contributed by atoms with van der Waals surface area (Å²) in [5.74, 6) is 1.73. The fourth-order valence-corrected chi connectivity index (χ4v) is 3.01. The molecule has 7 heteroatoms. The van der Waals surface area contributed by atoms with Crippen molar-refractivity contribution < 1.29 is 0 Å². The Bertz CT molecular complexity index is 791. The molecule has 0 aliphatic carbocycles. The highest BCUT2D eigenvalue weighted by Crippen LogP contribution is 2.24. The predicted molar refractivity (Wildman–Crippen MR) is 88.8 cm³/mol. The molecule has 1 aliphatic heterocycles. The molecule has 23 heavy (non-hydrogen) atoms. The summed E-state index contributed by atoms with van der Waals surface area (Å²) in [7, 11) is 0. The van der Waals surface area contributed by atoms with E-state index in [9.17, 15) is 0 Å². The first-order chi connectivity index (χ1) is 11.4. The summed E-state index contributed by atoms with van der Waals surface area (Å²) in [6, 6.07) is 5.76. The van der Waals surface area contributed by atoms with Gasteiger partial charge in [-0.3, -0.25) is 0 Å². The van der Waals surface area contributed by atoms with E-state index < -0.39 is 0 Å². The second-order valence-electron chi connectivity index (χ2n) is 5.60. The smallest absolute Gasteiger partial charge is 0.170 e. The summed E-state index contributed by atoms with van der Waals surface area (Å²) >= 11 is 0. The van der Waals surface area contributed by atoms with Crippen LogP contribution in [0.5, 0.6) is 0 Å². The highest BCUT2D eigenvalue weighted by molar-refractivity contribution is 5.87. The minimum absolute atomic E-state index is 0.767. The van der Waals surface area contributed by atoms with Crippen LogP contribution < -0.4 is 4.90 Å². The molecular formula is C16H19N7. The van der Waals surface area contributed by atoms with E-state index in [0.717, 1.165) is 55.4 Å². The minimum Gasteiger partial charge on any atom is -0.353 e. The van der Waals surface area contributed by atoms with Gasteiger partial charge in [-0.2, -0.15) is 9.78 Å². The molecule has 0 aromatic carbocycles. The Labute approximate surface area is 134 Å². The minimum atomic E-state index is 0.767. The molecule has 0 atom stereocenters. The molecule has 0 bridgehead atoms. The van der Waals surface area contributed by atoms with Crippen LogP contribution in [0.25, 0.3) is 16.9 Å². The van der Waals surface area contributed by atoms with Crippen molar-refractivity contribution in [2.24, 2.45) is 0 Å². The summed E-state index contributed by atoms with van der Waals surface area (Å²) < 4.78 is 1.77. The summed E-state index contributed by atoms with van der Waals surface area (Å²) in [5.41, 5.74) is 0.798. The number of hydrogen-bond donors (Lipinski definition) is 0. The largest absolute Gasteiger partial charge is 0.353 e. The Hall–Kier alpha value is -2.54. The average molecular weight is 309 g/mol. The van der Waals surface area contributed by atoms with Gasteiger partial charge in [0, 0.05) is 32.4 Å². The Kier molecular flexibility index (Phi) is 3.63. The van der Waals surface area contributed by atoms with Gasteiger partial charge in [0.2, 0.25) is 0 Å². The zero-order valence-electron chi connectivity index (χ0n) is 13.1. The maximum atomic E-state index is 4.51. The highest BCUT2D eigenvalue weighted by atomic mass is 15.3. The number of nitrogens with zero attached hydrogens (tertiary/aromatic N) is 7. The van der Waals surface area contributed by atoms with E-state index in [1.807, 2.05) is 24.4 Å². The van der Waals surface area contributed by atoms with Gasteiger partial charge in [0.1, 0.15) is 12.1 Å². The van der Waals surface area contributed by atoms with Crippen LogP contribution in [0.4, 0.5) is 5.82 Å². The first-order valence-electron chi connectivity index (χ1n) is 7.94. The first-order valence-corrected chi connectivity index (χ1v) is 7.94. The molecule has 3 aromatic rings. The maximum Gasteiger partial charge on any atom is 0.170 e. The standard InChI is InChI=1S/C16H19N7/c1-2-21-7-9-22(10-8-21)15-13-11-20-23(16(13)19-12-18-15)14-5-3-4-6-17-14/h3-6,11-12H,2,7-10H2,1H3. The summed E-state index contributed by atoms with van der Waals surface area (Å²) in [6.07, 6.45) is 5.21. The number of rotatable bonds is 3. The topological polar surface area (TPSA) is 63.0 Å². The number of hydrogen-bond acceptors (Lipinski definition) is 6. The van der Waals surface area contributed by atoms with Crippen LogP contribution >= 0.6 is 0 Å². The van der Waals surface area contributed by atoms with Crippen LogP contribution in [0.3, 0.4) is 0 Å². The third-order valence-corrected chi connectivity index (χ3v) is 4.33. The van der Waals surface area contributed by atoms with E-state index in [0.29, 0.717) is 0 Å². The van der Waals surface area contributed by atoms with Crippen LogP contribution in [0.1, 0.15) is 6.92 Å². The second-order valence-corrected chi connectivity index (χ2v) is 5.60. The van der Waals surface area contributed by atoms with Crippen LogP contribution in [-0.2, 0) is 0 Å². The second kappa shape index (κ2) is 5.92. The van der Waals surface area contributed by atoms with Crippen LogP contribution in [0.2, 0.25) is 0 Å². The molecule has 0 saturated carbocycles. The van der Waals surface area contributed by atoms with Crippen molar-refractivity contribution in [1.29, 1.82) is 0 Å². The zero-order chi connectivity index (χ0) is 15.6. The number of aromatic nitrogens is 5. The van der Waals surface area contributed by atoms with Gasteiger partial charge in [-0.1, -0.05) is 13.0 Å². The zero-order valence-corrected chi connectivity index (χ0v) is 13.1. The molecule has 0 spiro atoms. The molecule has 0 radical (unpaired) electrons.